The molecule has 3 aliphatic carbocycles. The van der Waals surface area contributed by atoms with Crippen LogP contribution in [0.15, 0.2) is 0 Å². The molecule has 3 saturated carbocycles. The first-order valence-electron chi connectivity index (χ1n) is 23.5. The van der Waals surface area contributed by atoms with Gasteiger partial charge in [0.1, 0.15) is 0 Å². The van der Waals surface area contributed by atoms with Gasteiger partial charge >= 0.3 is 11.9 Å². The SMILES string of the molecule is CCCCC(C)CC(C)CC1(C(C)C)CCC(COC(=O)C2CCC(C)CC2C(=O)OCC2CCC(CC(C)CC(C)CCCC)(C(C)C)CC2)CC1. The Morgan fingerprint density at radius 2 is 0.962 bits per heavy atom. The van der Waals surface area contributed by atoms with Crippen molar-refractivity contribution < 1.29 is 19.1 Å². The summed E-state index contributed by atoms with van der Waals surface area (Å²) in [4.78, 5) is 27.3. The van der Waals surface area contributed by atoms with Crippen molar-refractivity contribution >= 4 is 11.9 Å². The number of ether oxygens (including phenoxy) is 2. The van der Waals surface area contributed by atoms with E-state index in [0.717, 1.165) is 68.6 Å². The molecule has 7 unspecified atom stereocenters. The molecule has 0 N–H and O–H groups in total. The van der Waals surface area contributed by atoms with Gasteiger partial charge in [-0.2, -0.15) is 0 Å². The van der Waals surface area contributed by atoms with E-state index in [-0.39, 0.29) is 23.8 Å². The molecule has 0 amide bonds. The number of rotatable bonds is 22. The van der Waals surface area contributed by atoms with Crippen molar-refractivity contribution in [2.75, 3.05) is 13.2 Å². The Morgan fingerprint density at radius 1 is 0.566 bits per heavy atom. The minimum Gasteiger partial charge on any atom is -0.465 e. The lowest BCUT2D eigenvalue weighted by Gasteiger charge is -2.45. The van der Waals surface area contributed by atoms with Gasteiger partial charge in [0.2, 0.25) is 0 Å². The van der Waals surface area contributed by atoms with Gasteiger partial charge in [0.15, 0.2) is 0 Å². The Kier molecular flexibility index (Phi) is 19.8. The molecule has 0 aliphatic heterocycles. The summed E-state index contributed by atoms with van der Waals surface area (Å²) in [5, 5.41) is 0. The Hall–Kier alpha value is -1.06. The van der Waals surface area contributed by atoms with E-state index < -0.39 is 0 Å². The maximum atomic E-state index is 13.7. The summed E-state index contributed by atoms with van der Waals surface area (Å²) in [6.07, 6.45) is 25.4. The van der Waals surface area contributed by atoms with Gasteiger partial charge in [-0.1, -0.05) is 115 Å². The van der Waals surface area contributed by atoms with Gasteiger partial charge in [-0.25, -0.2) is 0 Å². The average molecular weight is 743 g/mol. The molecule has 0 heterocycles. The number of esters is 2. The van der Waals surface area contributed by atoms with Gasteiger partial charge in [0.25, 0.3) is 0 Å². The molecule has 0 radical (unpaired) electrons. The van der Waals surface area contributed by atoms with Crippen molar-refractivity contribution in [1.29, 1.82) is 0 Å². The highest BCUT2D eigenvalue weighted by Gasteiger charge is 2.43. The highest BCUT2D eigenvalue weighted by molar-refractivity contribution is 5.82. The number of hydrogen-bond acceptors (Lipinski definition) is 4. The zero-order valence-corrected chi connectivity index (χ0v) is 37.2. The largest absolute Gasteiger partial charge is 0.465 e. The quantitative estimate of drug-likeness (QED) is 0.104. The lowest BCUT2D eigenvalue weighted by molar-refractivity contribution is -0.166. The van der Waals surface area contributed by atoms with Crippen molar-refractivity contribution in [2.24, 2.45) is 75.9 Å². The molecule has 0 aromatic heterocycles. The van der Waals surface area contributed by atoms with Crippen LogP contribution in [0.2, 0.25) is 0 Å². The molecule has 53 heavy (non-hydrogen) atoms. The Labute approximate surface area is 330 Å². The third-order valence-electron chi connectivity index (χ3n) is 15.5. The predicted molar refractivity (Wildman–Crippen MR) is 225 cm³/mol. The Bertz CT molecular complexity index is 1030. The van der Waals surface area contributed by atoms with Crippen LogP contribution in [0, 0.1) is 75.9 Å². The van der Waals surface area contributed by atoms with E-state index in [1.165, 1.54) is 89.9 Å². The summed E-state index contributed by atoms with van der Waals surface area (Å²) in [7, 11) is 0. The zero-order chi connectivity index (χ0) is 39.2. The number of carbonyl (C=O) groups excluding carboxylic acids is 2. The third kappa shape index (κ3) is 14.4. The molecule has 0 aromatic rings. The van der Waals surface area contributed by atoms with Crippen molar-refractivity contribution in [1.82, 2.24) is 0 Å². The van der Waals surface area contributed by atoms with Gasteiger partial charge in [-0.15, -0.1) is 0 Å². The summed E-state index contributed by atoms with van der Waals surface area (Å²) in [5.41, 5.74) is 0.829. The normalized spacial score (nSPS) is 31.9. The molecule has 0 saturated heterocycles. The molecular formula is C49H90O4. The Balaban J connectivity index is 1.47. The van der Waals surface area contributed by atoms with E-state index in [0.29, 0.717) is 53.6 Å². The van der Waals surface area contributed by atoms with Crippen LogP contribution in [0.25, 0.3) is 0 Å². The van der Waals surface area contributed by atoms with Crippen LogP contribution in [0.4, 0.5) is 0 Å². The van der Waals surface area contributed by atoms with Crippen LogP contribution >= 0.6 is 0 Å². The first kappa shape index (κ1) is 46.3. The molecule has 310 valence electrons. The molecular weight excluding hydrogens is 653 g/mol. The lowest BCUT2D eigenvalue weighted by Crippen LogP contribution is -2.39. The van der Waals surface area contributed by atoms with E-state index in [1.807, 2.05) is 0 Å². The molecule has 0 bridgehead atoms. The van der Waals surface area contributed by atoms with Crippen LogP contribution in [0.5, 0.6) is 0 Å². The minimum atomic E-state index is -0.360. The van der Waals surface area contributed by atoms with E-state index in [4.69, 9.17) is 9.47 Å². The molecule has 0 aromatic carbocycles. The highest BCUT2D eigenvalue weighted by atomic mass is 16.5. The van der Waals surface area contributed by atoms with Gasteiger partial charge in [0, 0.05) is 0 Å². The fraction of sp³-hybridized carbons (Fsp3) is 0.959. The second-order valence-corrected chi connectivity index (χ2v) is 20.9. The summed E-state index contributed by atoms with van der Waals surface area (Å²) >= 11 is 0. The van der Waals surface area contributed by atoms with Crippen LogP contribution in [0.1, 0.15) is 211 Å². The first-order chi connectivity index (χ1) is 25.1. The van der Waals surface area contributed by atoms with Crippen LogP contribution in [0.3, 0.4) is 0 Å². The number of carbonyl (C=O) groups is 2. The summed E-state index contributed by atoms with van der Waals surface area (Å²) in [6, 6.07) is 0. The van der Waals surface area contributed by atoms with Gasteiger partial charge in [-0.05, 0) is 160 Å². The van der Waals surface area contributed by atoms with Crippen molar-refractivity contribution in [3.63, 3.8) is 0 Å². The van der Waals surface area contributed by atoms with E-state index in [2.05, 4.69) is 76.2 Å². The van der Waals surface area contributed by atoms with Gasteiger partial charge in [-0.3, -0.25) is 9.59 Å². The topological polar surface area (TPSA) is 52.6 Å². The second-order valence-electron chi connectivity index (χ2n) is 20.9. The first-order valence-corrected chi connectivity index (χ1v) is 23.5. The molecule has 3 aliphatic rings. The van der Waals surface area contributed by atoms with E-state index >= 15 is 0 Å². The summed E-state index contributed by atoms with van der Waals surface area (Å²) in [6.45, 7) is 27.4. The summed E-state index contributed by atoms with van der Waals surface area (Å²) < 4.78 is 12.2. The zero-order valence-electron chi connectivity index (χ0n) is 37.2. The van der Waals surface area contributed by atoms with Crippen LogP contribution in [-0.2, 0) is 19.1 Å². The predicted octanol–water partition coefficient (Wildman–Crippen LogP) is 14.3. The van der Waals surface area contributed by atoms with Crippen LogP contribution < -0.4 is 0 Å². The van der Waals surface area contributed by atoms with Gasteiger partial charge in [0.05, 0.1) is 25.0 Å². The van der Waals surface area contributed by atoms with E-state index in [9.17, 15) is 9.59 Å². The molecule has 0 spiro atoms. The standard InChI is InChI=1S/C49H90O4/c1-12-14-16-37(7)28-40(10)31-48(35(3)4)24-20-42(21-25-48)33-52-46(50)44-19-18-39(9)30-45(44)47(51)53-34-43-22-26-49(27-23-43,36(5)6)32-41(11)29-38(8)17-15-13-2/h35-45H,12-34H2,1-11H3. The van der Waals surface area contributed by atoms with Crippen molar-refractivity contribution in [3.8, 4) is 0 Å². The fourth-order valence-electron chi connectivity index (χ4n) is 11.7. The fourth-order valence-corrected chi connectivity index (χ4v) is 11.7. The monoisotopic (exact) mass is 743 g/mol. The maximum absolute atomic E-state index is 13.7. The Morgan fingerprint density at radius 3 is 1.34 bits per heavy atom. The molecule has 4 nitrogen and oxygen atoms in total. The average Bonchev–Trinajstić information content (AvgIpc) is 3.11. The number of unbranched alkanes of at least 4 members (excludes halogenated alkanes) is 2. The highest BCUT2D eigenvalue weighted by Crippen LogP contribution is 2.51. The van der Waals surface area contributed by atoms with Crippen LogP contribution in [-0.4, -0.2) is 25.2 Å². The van der Waals surface area contributed by atoms with Gasteiger partial charge < -0.3 is 9.47 Å². The lowest BCUT2D eigenvalue weighted by atomic mass is 9.60. The number of hydrogen-bond donors (Lipinski definition) is 0. The van der Waals surface area contributed by atoms with E-state index in [1.54, 1.807) is 0 Å². The molecule has 3 rings (SSSR count). The maximum Gasteiger partial charge on any atom is 0.309 e. The third-order valence-corrected chi connectivity index (χ3v) is 15.5. The molecule has 7 atom stereocenters. The summed E-state index contributed by atoms with van der Waals surface area (Å²) in [5.74, 6) is 4.83. The molecule has 4 heteroatoms. The minimum absolute atomic E-state index is 0.147. The smallest absolute Gasteiger partial charge is 0.309 e. The second kappa shape index (κ2) is 22.6. The van der Waals surface area contributed by atoms with Crippen molar-refractivity contribution in [3.05, 3.63) is 0 Å². The van der Waals surface area contributed by atoms with Crippen molar-refractivity contribution in [2.45, 2.75) is 211 Å². The molecule has 3 fully saturated rings.